The van der Waals surface area contributed by atoms with Gasteiger partial charge in [0.2, 0.25) is 5.88 Å². The summed E-state index contributed by atoms with van der Waals surface area (Å²) >= 11 is 3.31. The predicted molar refractivity (Wildman–Crippen MR) is 64.3 cm³/mol. The first-order valence-corrected chi connectivity index (χ1v) is 5.67. The number of nitrogens with zero attached hydrogens (tertiary/aromatic N) is 1. The van der Waals surface area contributed by atoms with E-state index in [-0.39, 0.29) is 12.5 Å². The third-order valence-electron chi connectivity index (χ3n) is 2.09. The van der Waals surface area contributed by atoms with Crippen molar-refractivity contribution in [2.75, 3.05) is 0 Å². The van der Waals surface area contributed by atoms with Crippen molar-refractivity contribution in [1.29, 1.82) is 0 Å². The topological polar surface area (TPSA) is 42.4 Å². The first-order chi connectivity index (χ1) is 8.19. The van der Waals surface area contributed by atoms with Crippen LogP contribution in [-0.4, -0.2) is 10.1 Å². The van der Waals surface area contributed by atoms with E-state index in [1.165, 1.54) is 6.07 Å². The number of rotatable bonds is 3. The highest BCUT2D eigenvalue weighted by molar-refractivity contribution is 9.10. The highest BCUT2D eigenvalue weighted by Gasteiger charge is 2.07. The molecule has 0 bridgehead atoms. The Morgan fingerprint density at radius 2 is 2.00 bits per heavy atom. The zero-order valence-electron chi connectivity index (χ0n) is 8.73. The number of hydrogen-bond acceptors (Lipinski definition) is 3. The quantitative estimate of drug-likeness (QED) is 0.945. The Kier molecular flexibility index (Phi) is 3.71. The van der Waals surface area contributed by atoms with Crippen LogP contribution in [0, 0.1) is 5.82 Å². The van der Waals surface area contributed by atoms with Crippen LogP contribution >= 0.6 is 15.9 Å². The van der Waals surface area contributed by atoms with Gasteiger partial charge < -0.3 is 9.84 Å². The molecule has 0 atom stereocenters. The van der Waals surface area contributed by atoms with Gasteiger partial charge in [-0.2, -0.15) is 0 Å². The van der Waals surface area contributed by atoms with Crippen LogP contribution in [0.15, 0.2) is 41.0 Å². The smallest absolute Gasteiger partial charge is 0.224 e. The van der Waals surface area contributed by atoms with Gasteiger partial charge in [0, 0.05) is 10.0 Å². The van der Waals surface area contributed by atoms with Crippen LogP contribution in [0.5, 0.6) is 11.6 Å². The molecule has 0 radical (unpaired) electrons. The molecule has 2 rings (SSSR count). The van der Waals surface area contributed by atoms with Gasteiger partial charge in [0.05, 0.1) is 12.8 Å². The first kappa shape index (κ1) is 12.0. The molecule has 1 N–H and O–H groups in total. The van der Waals surface area contributed by atoms with Gasteiger partial charge in [0.25, 0.3) is 0 Å². The van der Waals surface area contributed by atoms with Crippen LogP contribution in [0.1, 0.15) is 5.56 Å². The second kappa shape index (κ2) is 5.25. The van der Waals surface area contributed by atoms with E-state index in [9.17, 15) is 4.39 Å². The SMILES string of the molecule is OCc1cc(F)cnc1Oc1ccc(Br)cc1. The Morgan fingerprint density at radius 1 is 1.29 bits per heavy atom. The largest absolute Gasteiger partial charge is 0.439 e. The van der Waals surface area contributed by atoms with Crippen LogP contribution in [-0.2, 0) is 6.61 Å². The number of aliphatic hydroxyl groups excluding tert-OH is 1. The van der Waals surface area contributed by atoms with Crippen molar-refractivity contribution in [2.24, 2.45) is 0 Å². The van der Waals surface area contributed by atoms with Gasteiger partial charge in [0.15, 0.2) is 0 Å². The van der Waals surface area contributed by atoms with Crippen molar-refractivity contribution < 1.29 is 14.2 Å². The molecule has 0 unspecified atom stereocenters. The average Bonchev–Trinajstić information content (AvgIpc) is 2.34. The molecule has 0 saturated carbocycles. The van der Waals surface area contributed by atoms with Crippen LogP contribution in [0.4, 0.5) is 4.39 Å². The number of benzene rings is 1. The summed E-state index contributed by atoms with van der Waals surface area (Å²) in [6.07, 6.45) is 1.05. The summed E-state index contributed by atoms with van der Waals surface area (Å²) in [5.41, 5.74) is 0.313. The van der Waals surface area contributed by atoms with E-state index in [2.05, 4.69) is 20.9 Å². The van der Waals surface area contributed by atoms with Gasteiger partial charge in [-0.25, -0.2) is 9.37 Å². The van der Waals surface area contributed by atoms with E-state index in [0.717, 1.165) is 10.7 Å². The fraction of sp³-hybridized carbons (Fsp3) is 0.0833. The molecule has 0 aliphatic heterocycles. The molecule has 0 saturated heterocycles. The van der Waals surface area contributed by atoms with E-state index in [1.807, 2.05) is 12.1 Å². The van der Waals surface area contributed by atoms with E-state index >= 15 is 0 Å². The molecule has 0 aliphatic rings. The van der Waals surface area contributed by atoms with Gasteiger partial charge >= 0.3 is 0 Å². The van der Waals surface area contributed by atoms with E-state index in [4.69, 9.17) is 9.84 Å². The van der Waals surface area contributed by atoms with Gasteiger partial charge in [-0.3, -0.25) is 0 Å². The molecule has 3 nitrogen and oxygen atoms in total. The maximum atomic E-state index is 12.9. The normalized spacial score (nSPS) is 10.3. The highest BCUT2D eigenvalue weighted by Crippen LogP contribution is 2.24. The summed E-state index contributed by atoms with van der Waals surface area (Å²) in [4.78, 5) is 3.80. The second-order valence-corrected chi connectivity index (χ2v) is 4.25. The summed E-state index contributed by atoms with van der Waals surface area (Å²) < 4.78 is 19.3. The third kappa shape index (κ3) is 3.01. The average molecular weight is 298 g/mol. The molecule has 0 fully saturated rings. The first-order valence-electron chi connectivity index (χ1n) is 4.88. The number of ether oxygens (including phenoxy) is 1. The number of hydrogen-bond donors (Lipinski definition) is 1. The summed E-state index contributed by atoms with van der Waals surface area (Å²) in [5.74, 6) is 0.274. The van der Waals surface area contributed by atoms with Crippen molar-refractivity contribution in [3.8, 4) is 11.6 Å². The van der Waals surface area contributed by atoms with E-state index in [0.29, 0.717) is 11.3 Å². The van der Waals surface area contributed by atoms with Gasteiger partial charge in [0.1, 0.15) is 11.6 Å². The molecular weight excluding hydrogens is 289 g/mol. The summed E-state index contributed by atoms with van der Waals surface area (Å²) in [6, 6.07) is 8.32. The van der Waals surface area contributed by atoms with Crippen molar-refractivity contribution in [2.45, 2.75) is 6.61 Å². The Balaban J connectivity index is 2.26. The lowest BCUT2D eigenvalue weighted by molar-refractivity contribution is 0.274. The molecular formula is C12H9BrFNO2. The molecule has 2 aromatic rings. The second-order valence-electron chi connectivity index (χ2n) is 3.33. The van der Waals surface area contributed by atoms with E-state index in [1.54, 1.807) is 12.1 Å². The van der Waals surface area contributed by atoms with Crippen molar-refractivity contribution in [3.63, 3.8) is 0 Å². The molecule has 1 heterocycles. The van der Waals surface area contributed by atoms with Crippen LogP contribution in [0.2, 0.25) is 0 Å². The number of aromatic nitrogens is 1. The minimum atomic E-state index is -0.503. The molecule has 88 valence electrons. The molecule has 0 amide bonds. The van der Waals surface area contributed by atoms with Crippen LogP contribution < -0.4 is 4.74 Å². The van der Waals surface area contributed by atoms with Crippen molar-refractivity contribution in [1.82, 2.24) is 4.98 Å². The predicted octanol–water partition coefficient (Wildman–Crippen LogP) is 3.27. The lowest BCUT2D eigenvalue weighted by Gasteiger charge is -2.08. The maximum absolute atomic E-state index is 12.9. The Bertz CT molecular complexity index is 516. The lowest BCUT2D eigenvalue weighted by atomic mass is 10.3. The van der Waals surface area contributed by atoms with E-state index < -0.39 is 5.82 Å². The minimum Gasteiger partial charge on any atom is -0.439 e. The van der Waals surface area contributed by atoms with Gasteiger partial charge in [-0.05, 0) is 30.3 Å². The monoisotopic (exact) mass is 297 g/mol. The number of aliphatic hydroxyl groups is 1. The highest BCUT2D eigenvalue weighted by atomic mass is 79.9. The summed E-state index contributed by atoms with van der Waals surface area (Å²) in [6.45, 7) is -0.323. The lowest BCUT2D eigenvalue weighted by Crippen LogP contribution is -1.96. The fourth-order valence-corrected chi connectivity index (χ4v) is 1.55. The van der Waals surface area contributed by atoms with Crippen molar-refractivity contribution in [3.05, 3.63) is 52.4 Å². The molecule has 17 heavy (non-hydrogen) atoms. The summed E-state index contributed by atoms with van der Waals surface area (Å²) in [5, 5.41) is 9.07. The number of pyridine rings is 1. The molecule has 0 spiro atoms. The Hall–Kier alpha value is -1.46. The third-order valence-corrected chi connectivity index (χ3v) is 2.62. The zero-order valence-corrected chi connectivity index (χ0v) is 10.3. The van der Waals surface area contributed by atoms with Crippen LogP contribution in [0.3, 0.4) is 0 Å². The molecule has 5 heteroatoms. The Morgan fingerprint density at radius 3 is 2.65 bits per heavy atom. The molecule has 0 aliphatic carbocycles. The molecule has 1 aromatic heterocycles. The van der Waals surface area contributed by atoms with Crippen molar-refractivity contribution >= 4 is 15.9 Å². The minimum absolute atomic E-state index is 0.205. The maximum Gasteiger partial charge on any atom is 0.224 e. The van der Waals surface area contributed by atoms with Gasteiger partial charge in [-0.1, -0.05) is 15.9 Å². The Labute approximate surface area is 106 Å². The number of halogens is 2. The summed E-state index contributed by atoms with van der Waals surface area (Å²) in [7, 11) is 0. The fourth-order valence-electron chi connectivity index (χ4n) is 1.29. The van der Waals surface area contributed by atoms with Crippen LogP contribution in [0.25, 0.3) is 0 Å². The molecule has 1 aromatic carbocycles. The standard InChI is InChI=1S/C12H9BrFNO2/c13-9-1-3-11(4-2-9)17-12-8(7-16)5-10(14)6-15-12/h1-6,16H,7H2. The van der Waals surface area contributed by atoms with Gasteiger partial charge in [-0.15, -0.1) is 0 Å². The zero-order chi connectivity index (χ0) is 12.3.